The average molecular weight is 293 g/mol. The maximum atomic E-state index is 13.4. The SMILES string of the molecule is CC(c1cc(F)ccc1O)N1CC2CCCC2C1C(=O)O. The van der Waals surface area contributed by atoms with Crippen molar-refractivity contribution in [2.24, 2.45) is 11.8 Å². The van der Waals surface area contributed by atoms with Crippen LogP contribution in [0.3, 0.4) is 0 Å². The maximum Gasteiger partial charge on any atom is 0.321 e. The van der Waals surface area contributed by atoms with E-state index in [1.807, 2.05) is 11.8 Å². The van der Waals surface area contributed by atoms with Crippen LogP contribution in [-0.2, 0) is 4.79 Å². The summed E-state index contributed by atoms with van der Waals surface area (Å²) in [4.78, 5) is 13.6. The number of nitrogens with zero attached hydrogens (tertiary/aromatic N) is 1. The van der Waals surface area contributed by atoms with Gasteiger partial charge >= 0.3 is 5.97 Å². The van der Waals surface area contributed by atoms with Crippen molar-refractivity contribution >= 4 is 5.97 Å². The second-order valence-electron chi connectivity index (χ2n) is 6.21. The number of carbonyl (C=O) groups is 1. The van der Waals surface area contributed by atoms with E-state index in [2.05, 4.69) is 0 Å². The zero-order chi connectivity index (χ0) is 15.1. The Morgan fingerprint density at radius 1 is 1.43 bits per heavy atom. The van der Waals surface area contributed by atoms with Crippen LogP contribution in [0.2, 0.25) is 0 Å². The number of halogens is 1. The summed E-state index contributed by atoms with van der Waals surface area (Å²) in [6.45, 7) is 2.55. The third kappa shape index (κ3) is 2.39. The molecule has 5 heteroatoms. The van der Waals surface area contributed by atoms with Gasteiger partial charge in [-0.25, -0.2) is 4.39 Å². The molecule has 4 unspecified atom stereocenters. The predicted molar refractivity (Wildman–Crippen MR) is 75.4 cm³/mol. The summed E-state index contributed by atoms with van der Waals surface area (Å²) in [7, 11) is 0. The minimum atomic E-state index is -0.813. The molecule has 1 aromatic carbocycles. The maximum absolute atomic E-state index is 13.4. The van der Waals surface area contributed by atoms with Crippen LogP contribution in [0.15, 0.2) is 18.2 Å². The van der Waals surface area contributed by atoms with Gasteiger partial charge in [0.2, 0.25) is 0 Å². The first-order chi connectivity index (χ1) is 9.99. The van der Waals surface area contributed by atoms with Crippen molar-refractivity contribution in [3.63, 3.8) is 0 Å². The molecule has 0 amide bonds. The minimum Gasteiger partial charge on any atom is -0.508 e. The minimum absolute atomic E-state index is 0.0186. The number of phenols is 1. The van der Waals surface area contributed by atoms with Gasteiger partial charge in [0, 0.05) is 18.2 Å². The highest BCUT2D eigenvalue weighted by atomic mass is 19.1. The van der Waals surface area contributed by atoms with Crippen LogP contribution in [0, 0.1) is 17.7 Å². The van der Waals surface area contributed by atoms with Gasteiger partial charge in [-0.2, -0.15) is 0 Å². The number of carboxylic acids is 1. The lowest BCUT2D eigenvalue weighted by Gasteiger charge is -2.30. The zero-order valence-electron chi connectivity index (χ0n) is 12.0. The van der Waals surface area contributed by atoms with E-state index in [0.717, 1.165) is 19.3 Å². The van der Waals surface area contributed by atoms with Gasteiger partial charge in [-0.15, -0.1) is 0 Å². The Morgan fingerprint density at radius 3 is 2.90 bits per heavy atom. The molecule has 0 radical (unpaired) electrons. The number of rotatable bonds is 3. The summed E-state index contributed by atoms with van der Waals surface area (Å²) in [6, 6.07) is 2.99. The summed E-state index contributed by atoms with van der Waals surface area (Å²) < 4.78 is 13.4. The lowest BCUT2D eigenvalue weighted by molar-refractivity contribution is -0.144. The highest BCUT2D eigenvalue weighted by Crippen LogP contribution is 2.46. The van der Waals surface area contributed by atoms with E-state index in [9.17, 15) is 19.4 Å². The fourth-order valence-electron chi connectivity index (χ4n) is 4.10. The Labute approximate surface area is 123 Å². The van der Waals surface area contributed by atoms with Crippen molar-refractivity contribution in [2.45, 2.75) is 38.3 Å². The highest BCUT2D eigenvalue weighted by Gasteiger charge is 2.49. The molecular weight excluding hydrogens is 273 g/mol. The van der Waals surface area contributed by atoms with Crippen molar-refractivity contribution < 1.29 is 19.4 Å². The van der Waals surface area contributed by atoms with Crippen LogP contribution in [0.4, 0.5) is 4.39 Å². The van der Waals surface area contributed by atoms with Gasteiger partial charge in [-0.05, 0) is 49.8 Å². The number of benzene rings is 1. The fourth-order valence-corrected chi connectivity index (χ4v) is 4.10. The van der Waals surface area contributed by atoms with Crippen LogP contribution >= 0.6 is 0 Å². The van der Waals surface area contributed by atoms with E-state index in [4.69, 9.17) is 0 Å². The Balaban J connectivity index is 1.91. The van der Waals surface area contributed by atoms with Crippen LogP contribution in [0.1, 0.15) is 37.8 Å². The van der Waals surface area contributed by atoms with Crippen molar-refractivity contribution in [2.75, 3.05) is 6.54 Å². The van der Waals surface area contributed by atoms with Crippen molar-refractivity contribution in [1.82, 2.24) is 4.90 Å². The fraction of sp³-hybridized carbons (Fsp3) is 0.562. The quantitative estimate of drug-likeness (QED) is 0.899. The molecule has 1 aliphatic heterocycles. The molecule has 1 aromatic rings. The first kappa shape index (κ1) is 14.3. The normalized spacial score (nSPS) is 30.3. The van der Waals surface area contributed by atoms with E-state index in [-0.39, 0.29) is 17.7 Å². The average Bonchev–Trinajstić information content (AvgIpc) is 3.00. The molecule has 1 heterocycles. The van der Waals surface area contributed by atoms with Crippen LogP contribution in [0.5, 0.6) is 5.75 Å². The smallest absolute Gasteiger partial charge is 0.321 e. The summed E-state index contributed by atoms with van der Waals surface area (Å²) in [5.41, 5.74) is 0.459. The van der Waals surface area contributed by atoms with E-state index in [1.54, 1.807) is 0 Å². The van der Waals surface area contributed by atoms with E-state index < -0.39 is 17.8 Å². The van der Waals surface area contributed by atoms with Crippen LogP contribution < -0.4 is 0 Å². The summed E-state index contributed by atoms with van der Waals surface area (Å²) >= 11 is 0. The molecule has 2 fully saturated rings. The van der Waals surface area contributed by atoms with Gasteiger partial charge in [-0.1, -0.05) is 6.42 Å². The molecule has 21 heavy (non-hydrogen) atoms. The van der Waals surface area contributed by atoms with E-state index >= 15 is 0 Å². The van der Waals surface area contributed by atoms with Gasteiger partial charge in [0.15, 0.2) is 0 Å². The van der Waals surface area contributed by atoms with Crippen molar-refractivity contribution in [1.29, 1.82) is 0 Å². The lowest BCUT2D eigenvalue weighted by Crippen LogP contribution is -2.41. The van der Waals surface area contributed by atoms with Crippen molar-refractivity contribution in [3.05, 3.63) is 29.6 Å². The third-order valence-corrected chi connectivity index (χ3v) is 5.12. The molecule has 4 nitrogen and oxygen atoms in total. The standard InChI is InChI=1S/C16H20FNO3/c1-9(13-7-11(17)5-6-14(13)19)18-8-10-3-2-4-12(10)15(18)16(20)21/h5-7,9-10,12,15,19H,2-4,8H2,1H3,(H,20,21). The predicted octanol–water partition coefficient (Wildman–Crippen LogP) is 2.78. The van der Waals surface area contributed by atoms with Crippen LogP contribution in [0.25, 0.3) is 0 Å². The number of likely N-dealkylation sites (tertiary alicyclic amines) is 1. The Kier molecular flexibility index (Phi) is 3.61. The molecule has 1 saturated carbocycles. The van der Waals surface area contributed by atoms with Crippen LogP contribution in [-0.4, -0.2) is 33.7 Å². The monoisotopic (exact) mass is 293 g/mol. The van der Waals surface area contributed by atoms with Gasteiger partial charge in [0.1, 0.15) is 17.6 Å². The summed E-state index contributed by atoms with van der Waals surface area (Å²) in [6.07, 6.45) is 3.10. The summed E-state index contributed by atoms with van der Waals surface area (Å²) in [5, 5.41) is 19.5. The first-order valence-electron chi connectivity index (χ1n) is 7.46. The van der Waals surface area contributed by atoms with E-state index in [0.29, 0.717) is 18.0 Å². The summed E-state index contributed by atoms with van der Waals surface area (Å²) in [5.74, 6) is -0.622. The molecule has 2 N–H and O–H groups in total. The molecule has 0 aromatic heterocycles. The van der Waals surface area contributed by atoms with Gasteiger partial charge in [-0.3, -0.25) is 9.69 Å². The van der Waals surface area contributed by atoms with Gasteiger partial charge < -0.3 is 10.2 Å². The number of hydrogen-bond acceptors (Lipinski definition) is 3. The molecule has 0 spiro atoms. The molecule has 114 valence electrons. The number of phenolic OH excluding ortho intramolecular Hbond substituents is 1. The number of aliphatic carboxylic acids is 1. The van der Waals surface area contributed by atoms with Gasteiger partial charge in [0.05, 0.1) is 0 Å². The van der Waals surface area contributed by atoms with Crippen molar-refractivity contribution in [3.8, 4) is 5.75 Å². The lowest BCUT2D eigenvalue weighted by atomic mass is 9.94. The molecule has 1 saturated heterocycles. The van der Waals surface area contributed by atoms with E-state index in [1.165, 1.54) is 18.2 Å². The Hall–Kier alpha value is -1.62. The number of aromatic hydroxyl groups is 1. The number of fused-ring (bicyclic) bond motifs is 1. The van der Waals surface area contributed by atoms with Gasteiger partial charge in [0.25, 0.3) is 0 Å². The number of hydrogen-bond donors (Lipinski definition) is 2. The third-order valence-electron chi connectivity index (χ3n) is 5.12. The number of carboxylic acid groups (broad SMARTS) is 1. The molecule has 1 aliphatic carbocycles. The molecular formula is C16H20FNO3. The first-order valence-corrected chi connectivity index (χ1v) is 7.46. The molecule has 4 atom stereocenters. The molecule has 0 bridgehead atoms. The second-order valence-corrected chi connectivity index (χ2v) is 6.21. The highest BCUT2D eigenvalue weighted by molar-refractivity contribution is 5.74. The largest absolute Gasteiger partial charge is 0.508 e. The topological polar surface area (TPSA) is 60.8 Å². The Morgan fingerprint density at radius 2 is 2.19 bits per heavy atom. The second kappa shape index (κ2) is 5.30. The molecule has 2 aliphatic rings. The molecule has 3 rings (SSSR count). The zero-order valence-corrected chi connectivity index (χ0v) is 12.0. The Bertz CT molecular complexity index is 562.